The van der Waals surface area contributed by atoms with Gasteiger partial charge in [-0.1, -0.05) is 13.8 Å². The SMILES string of the molecule is CC(C)CC(C)N(C)C1CCN(c2ccc(NC(=O)Nc3ccc(OC4CCCC4)nc3)cc2)C1.[HH]. The second-order valence-electron chi connectivity index (χ2n) is 10.6. The first-order valence-electron chi connectivity index (χ1n) is 13.1. The fourth-order valence-corrected chi connectivity index (χ4v) is 5.27. The number of hydrogen-bond donors (Lipinski definition) is 2. The molecule has 1 aliphatic heterocycles. The van der Waals surface area contributed by atoms with Crippen LogP contribution in [0.4, 0.5) is 21.9 Å². The van der Waals surface area contributed by atoms with Crippen molar-refractivity contribution in [1.82, 2.24) is 9.88 Å². The third-order valence-corrected chi connectivity index (χ3v) is 7.32. The average Bonchev–Trinajstić information content (AvgIpc) is 3.52. The molecule has 2 fully saturated rings. The molecule has 2 aliphatic rings. The molecule has 4 rings (SSSR count). The highest BCUT2D eigenvalue weighted by atomic mass is 16.5. The molecule has 0 spiro atoms. The van der Waals surface area contributed by atoms with E-state index >= 15 is 0 Å². The lowest BCUT2D eigenvalue weighted by atomic mass is 10.0. The van der Waals surface area contributed by atoms with Gasteiger partial charge in [-0.2, -0.15) is 0 Å². The molecular formula is C28H43N5O2. The minimum absolute atomic E-state index is 0. The molecule has 35 heavy (non-hydrogen) atoms. The van der Waals surface area contributed by atoms with Crippen molar-refractivity contribution < 1.29 is 11.0 Å². The molecule has 1 aromatic carbocycles. The molecule has 1 aliphatic carbocycles. The van der Waals surface area contributed by atoms with Gasteiger partial charge in [0, 0.05) is 44.0 Å². The number of pyridine rings is 1. The number of anilines is 3. The van der Waals surface area contributed by atoms with Crippen LogP contribution in [0.25, 0.3) is 0 Å². The number of nitrogens with one attached hydrogen (secondary N) is 2. The van der Waals surface area contributed by atoms with Crippen molar-refractivity contribution in [3.05, 3.63) is 42.6 Å². The van der Waals surface area contributed by atoms with Crippen molar-refractivity contribution >= 4 is 23.1 Å². The Bertz CT molecular complexity index is 947. The van der Waals surface area contributed by atoms with E-state index in [0.717, 1.165) is 31.6 Å². The highest BCUT2D eigenvalue weighted by Gasteiger charge is 2.28. The second kappa shape index (κ2) is 11.8. The van der Waals surface area contributed by atoms with Crippen LogP contribution in [0.15, 0.2) is 42.6 Å². The van der Waals surface area contributed by atoms with Gasteiger partial charge in [0.15, 0.2) is 0 Å². The van der Waals surface area contributed by atoms with E-state index in [1.54, 1.807) is 6.20 Å². The zero-order valence-electron chi connectivity index (χ0n) is 21.7. The molecule has 0 bridgehead atoms. The quantitative estimate of drug-likeness (QED) is 0.444. The molecule has 2 heterocycles. The summed E-state index contributed by atoms with van der Waals surface area (Å²) in [5, 5.41) is 5.74. The Labute approximate surface area is 211 Å². The van der Waals surface area contributed by atoms with Crippen molar-refractivity contribution in [1.29, 1.82) is 0 Å². The fraction of sp³-hybridized carbons (Fsp3) is 0.571. The van der Waals surface area contributed by atoms with E-state index in [1.165, 1.54) is 31.4 Å². The van der Waals surface area contributed by atoms with Gasteiger partial charge in [0.25, 0.3) is 0 Å². The van der Waals surface area contributed by atoms with E-state index in [1.807, 2.05) is 24.3 Å². The van der Waals surface area contributed by atoms with Crippen LogP contribution in [0.5, 0.6) is 5.88 Å². The van der Waals surface area contributed by atoms with Crippen LogP contribution in [-0.2, 0) is 0 Å². The number of rotatable bonds is 9. The molecule has 0 radical (unpaired) electrons. The standard InChI is InChI=1S/C28H41N5O2.H2/c1-20(2)17-21(3)32(4)25-15-16-33(19-25)24-12-9-22(10-13-24)30-28(34)31-23-11-14-27(29-18-23)35-26-7-5-6-8-26;/h9-14,18,20-21,25-26H,5-8,15-17,19H2,1-4H3,(H2,30,31,34);1H. The number of likely N-dealkylation sites (N-methyl/N-ethyl adjacent to an activating group) is 1. The molecule has 2 unspecified atom stereocenters. The van der Waals surface area contributed by atoms with Gasteiger partial charge in [0.05, 0.1) is 11.9 Å². The predicted octanol–water partition coefficient (Wildman–Crippen LogP) is 6.24. The fourth-order valence-electron chi connectivity index (χ4n) is 5.27. The lowest BCUT2D eigenvalue weighted by molar-refractivity contribution is 0.176. The summed E-state index contributed by atoms with van der Waals surface area (Å²) in [6.07, 6.45) is 8.94. The van der Waals surface area contributed by atoms with Gasteiger partial charge in [-0.15, -0.1) is 0 Å². The minimum atomic E-state index is -0.286. The Morgan fingerprint density at radius 3 is 2.43 bits per heavy atom. The highest BCUT2D eigenvalue weighted by Crippen LogP contribution is 2.26. The maximum absolute atomic E-state index is 12.4. The summed E-state index contributed by atoms with van der Waals surface area (Å²) >= 11 is 0. The summed E-state index contributed by atoms with van der Waals surface area (Å²) in [5.74, 6) is 1.33. The molecular weight excluding hydrogens is 438 g/mol. The van der Waals surface area contributed by atoms with Crippen LogP contribution < -0.4 is 20.3 Å². The average molecular weight is 482 g/mol. The van der Waals surface area contributed by atoms with Gasteiger partial charge >= 0.3 is 6.03 Å². The number of hydrogen-bond acceptors (Lipinski definition) is 5. The van der Waals surface area contributed by atoms with Gasteiger partial charge in [-0.05, 0) is 88.7 Å². The van der Waals surface area contributed by atoms with Crippen LogP contribution in [0.3, 0.4) is 0 Å². The monoisotopic (exact) mass is 481 g/mol. The summed E-state index contributed by atoms with van der Waals surface area (Å²) in [7, 11) is 2.26. The maximum atomic E-state index is 12.4. The smallest absolute Gasteiger partial charge is 0.323 e. The summed E-state index contributed by atoms with van der Waals surface area (Å²) in [6, 6.07) is 12.6. The molecule has 2 N–H and O–H groups in total. The van der Waals surface area contributed by atoms with Crippen molar-refractivity contribution in [2.45, 2.75) is 77.5 Å². The highest BCUT2D eigenvalue weighted by molar-refractivity contribution is 5.99. The Hall–Kier alpha value is -2.80. The Morgan fingerprint density at radius 1 is 1.09 bits per heavy atom. The molecule has 1 aromatic heterocycles. The Balaban J connectivity index is 0.00000361. The van der Waals surface area contributed by atoms with Gasteiger partial charge in [0.2, 0.25) is 5.88 Å². The number of amides is 2. The third kappa shape index (κ3) is 7.10. The third-order valence-electron chi connectivity index (χ3n) is 7.32. The number of aromatic nitrogens is 1. The molecule has 2 aromatic rings. The van der Waals surface area contributed by atoms with Crippen LogP contribution in [0.1, 0.15) is 60.7 Å². The van der Waals surface area contributed by atoms with E-state index in [0.29, 0.717) is 29.6 Å². The number of benzene rings is 1. The lowest BCUT2D eigenvalue weighted by Gasteiger charge is -2.32. The molecule has 192 valence electrons. The van der Waals surface area contributed by atoms with Crippen molar-refractivity contribution in [2.24, 2.45) is 5.92 Å². The number of carbonyl (C=O) groups excluding carboxylic acids is 1. The van der Waals surface area contributed by atoms with E-state index < -0.39 is 0 Å². The zero-order valence-corrected chi connectivity index (χ0v) is 21.7. The van der Waals surface area contributed by atoms with E-state index in [2.05, 4.69) is 65.4 Å². The topological polar surface area (TPSA) is 69.7 Å². The van der Waals surface area contributed by atoms with Crippen molar-refractivity contribution in [2.75, 3.05) is 35.7 Å². The van der Waals surface area contributed by atoms with Gasteiger partial charge in [0.1, 0.15) is 6.10 Å². The number of urea groups is 1. The minimum Gasteiger partial charge on any atom is -0.474 e. The lowest BCUT2D eigenvalue weighted by Crippen LogP contribution is -2.41. The number of nitrogens with zero attached hydrogens (tertiary/aromatic N) is 3. The van der Waals surface area contributed by atoms with Crippen molar-refractivity contribution in [3.8, 4) is 5.88 Å². The maximum Gasteiger partial charge on any atom is 0.323 e. The van der Waals surface area contributed by atoms with Gasteiger partial charge < -0.3 is 20.3 Å². The van der Waals surface area contributed by atoms with Crippen LogP contribution >= 0.6 is 0 Å². The summed E-state index contributed by atoms with van der Waals surface area (Å²) in [5.41, 5.74) is 2.60. The molecule has 2 atom stereocenters. The zero-order chi connectivity index (χ0) is 24.8. The second-order valence-corrected chi connectivity index (χ2v) is 10.6. The predicted molar refractivity (Wildman–Crippen MR) is 146 cm³/mol. The normalized spacial score (nSPS) is 19.4. The van der Waals surface area contributed by atoms with Gasteiger partial charge in [-0.25, -0.2) is 9.78 Å². The summed E-state index contributed by atoms with van der Waals surface area (Å²) in [4.78, 5) is 21.8. The Kier molecular flexibility index (Phi) is 8.50. The van der Waals surface area contributed by atoms with Crippen LogP contribution in [-0.4, -0.2) is 54.2 Å². The molecule has 7 heteroatoms. The molecule has 1 saturated heterocycles. The first-order valence-corrected chi connectivity index (χ1v) is 13.1. The van der Waals surface area contributed by atoms with Crippen molar-refractivity contribution in [3.63, 3.8) is 0 Å². The first-order chi connectivity index (χ1) is 16.9. The van der Waals surface area contributed by atoms with E-state index in [4.69, 9.17) is 4.74 Å². The molecule has 7 nitrogen and oxygen atoms in total. The van der Waals surface area contributed by atoms with E-state index in [-0.39, 0.29) is 13.6 Å². The van der Waals surface area contributed by atoms with E-state index in [9.17, 15) is 4.79 Å². The van der Waals surface area contributed by atoms with Crippen LogP contribution in [0, 0.1) is 5.92 Å². The Morgan fingerprint density at radius 2 is 1.77 bits per heavy atom. The largest absolute Gasteiger partial charge is 0.474 e. The summed E-state index contributed by atoms with van der Waals surface area (Å²) < 4.78 is 5.88. The van der Waals surface area contributed by atoms with Gasteiger partial charge in [-0.3, -0.25) is 4.90 Å². The first kappa shape index (κ1) is 25.3. The molecule has 2 amide bonds. The van der Waals surface area contributed by atoms with Crippen LogP contribution in [0.2, 0.25) is 0 Å². The summed E-state index contributed by atoms with van der Waals surface area (Å²) in [6.45, 7) is 9.02. The molecule has 1 saturated carbocycles. The number of carbonyl (C=O) groups is 1. The number of ether oxygens (including phenoxy) is 1.